The topological polar surface area (TPSA) is 111 Å². The average molecular weight is 392 g/mol. The monoisotopic (exact) mass is 392 g/mol. The molecule has 0 fully saturated rings. The minimum atomic E-state index is -0.161. The van der Waals surface area contributed by atoms with Crippen molar-refractivity contribution in [3.05, 3.63) is 64.9 Å². The molecule has 3 aromatic heterocycles. The van der Waals surface area contributed by atoms with Crippen LogP contribution in [0, 0.1) is 0 Å². The van der Waals surface area contributed by atoms with E-state index in [2.05, 4.69) is 19.9 Å². The van der Waals surface area contributed by atoms with Gasteiger partial charge < -0.3 is 15.1 Å². The summed E-state index contributed by atoms with van der Waals surface area (Å²) in [5, 5.41) is 0. The average Bonchev–Trinajstić information content (AvgIpc) is 3.14. The lowest BCUT2D eigenvalue weighted by atomic mass is 10.1. The number of aromatic nitrogens is 4. The van der Waals surface area contributed by atoms with Crippen molar-refractivity contribution in [2.24, 2.45) is 0 Å². The highest BCUT2D eigenvalue weighted by atomic mass is 16.4. The molecule has 0 aliphatic carbocycles. The summed E-state index contributed by atoms with van der Waals surface area (Å²) in [7, 11) is 0. The molecule has 0 saturated carbocycles. The van der Waals surface area contributed by atoms with Crippen LogP contribution in [0.25, 0.3) is 0 Å². The number of nitrogens with two attached hydrogens (primary N) is 1. The molecule has 8 heteroatoms. The third-order valence-electron chi connectivity index (χ3n) is 4.98. The van der Waals surface area contributed by atoms with E-state index in [0.717, 1.165) is 29.1 Å². The molecule has 0 radical (unpaired) electrons. The minimum absolute atomic E-state index is 0.122. The molecule has 4 heterocycles. The number of oxazole rings is 1. The highest BCUT2D eigenvalue weighted by Crippen LogP contribution is 2.23. The normalized spacial score (nSPS) is 13.6. The lowest BCUT2D eigenvalue weighted by Gasteiger charge is -2.25. The van der Waals surface area contributed by atoms with Crippen molar-refractivity contribution in [2.45, 2.75) is 45.6 Å². The maximum atomic E-state index is 13.0. The molecule has 0 bridgehead atoms. The third-order valence-corrected chi connectivity index (χ3v) is 4.98. The van der Waals surface area contributed by atoms with Crippen LogP contribution in [-0.4, -0.2) is 37.3 Å². The van der Waals surface area contributed by atoms with Crippen molar-refractivity contribution in [2.75, 3.05) is 12.3 Å². The molecule has 3 aromatic rings. The molecule has 29 heavy (non-hydrogen) atoms. The van der Waals surface area contributed by atoms with Crippen LogP contribution < -0.4 is 5.73 Å². The van der Waals surface area contributed by atoms with Crippen molar-refractivity contribution >= 4 is 11.9 Å². The van der Waals surface area contributed by atoms with Gasteiger partial charge in [-0.15, -0.1) is 0 Å². The summed E-state index contributed by atoms with van der Waals surface area (Å²) in [5.41, 5.74) is 8.84. The van der Waals surface area contributed by atoms with E-state index in [9.17, 15) is 4.79 Å². The molecule has 0 spiro atoms. The van der Waals surface area contributed by atoms with Crippen LogP contribution in [0.4, 0.5) is 5.95 Å². The fraction of sp³-hybridized carbons (Fsp3) is 0.381. The number of nitrogens with zero attached hydrogens (tertiary/aromatic N) is 5. The van der Waals surface area contributed by atoms with E-state index in [-0.39, 0.29) is 17.8 Å². The lowest BCUT2D eigenvalue weighted by Crippen LogP contribution is -2.36. The Bertz CT molecular complexity index is 1020. The van der Waals surface area contributed by atoms with Gasteiger partial charge in [-0.05, 0) is 30.0 Å². The van der Waals surface area contributed by atoms with Crippen molar-refractivity contribution in [3.8, 4) is 0 Å². The summed E-state index contributed by atoms with van der Waals surface area (Å²) in [4.78, 5) is 31.8. The van der Waals surface area contributed by atoms with Crippen LogP contribution in [0.3, 0.4) is 0 Å². The second kappa shape index (κ2) is 7.98. The molecule has 1 aliphatic heterocycles. The van der Waals surface area contributed by atoms with Gasteiger partial charge in [-0.2, -0.15) is 0 Å². The second-order valence-corrected chi connectivity index (χ2v) is 7.51. The second-order valence-electron chi connectivity index (χ2n) is 7.51. The fourth-order valence-electron chi connectivity index (χ4n) is 3.38. The number of hydrogen-bond donors (Lipinski definition) is 1. The molecule has 0 unspecified atom stereocenters. The Balaban J connectivity index is 1.46. The number of carbonyl (C=O) groups is 1. The Morgan fingerprint density at radius 1 is 1.28 bits per heavy atom. The van der Waals surface area contributed by atoms with Gasteiger partial charge in [0.05, 0.1) is 6.54 Å². The van der Waals surface area contributed by atoms with Gasteiger partial charge in [0.15, 0.2) is 5.89 Å². The standard InChI is InChI=1S/C21H24N6O2/c1-13(2)15-10-16(26-21(22)25-15)20(28)27-9-7-18-17(12-27)24-19(29-18)6-5-14-4-3-8-23-11-14/h3-4,8,10-11,13H,5-7,9,12H2,1-2H3,(H2,22,25,26). The smallest absolute Gasteiger partial charge is 0.273 e. The van der Waals surface area contributed by atoms with Gasteiger partial charge in [-0.3, -0.25) is 9.78 Å². The zero-order chi connectivity index (χ0) is 20.4. The van der Waals surface area contributed by atoms with E-state index in [0.29, 0.717) is 37.5 Å². The summed E-state index contributed by atoms with van der Waals surface area (Å²) in [6.07, 6.45) is 5.76. The molecule has 4 rings (SSSR count). The molecule has 1 amide bonds. The Labute approximate surface area is 169 Å². The van der Waals surface area contributed by atoms with Crippen LogP contribution in [0.15, 0.2) is 35.0 Å². The van der Waals surface area contributed by atoms with Gasteiger partial charge >= 0.3 is 0 Å². The molecule has 0 aromatic carbocycles. The lowest BCUT2D eigenvalue weighted by molar-refractivity contribution is 0.0721. The van der Waals surface area contributed by atoms with Crippen LogP contribution in [-0.2, 0) is 25.8 Å². The van der Waals surface area contributed by atoms with E-state index in [1.165, 1.54) is 0 Å². The number of aryl methyl sites for hydroxylation is 2. The predicted molar refractivity (Wildman–Crippen MR) is 107 cm³/mol. The summed E-state index contributed by atoms with van der Waals surface area (Å²) >= 11 is 0. The molecule has 0 atom stereocenters. The van der Waals surface area contributed by atoms with Crippen molar-refractivity contribution in [1.82, 2.24) is 24.8 Å². The number of amides is 1. The van der Waals surface area contributed by atoms with Crippen molar-refractivity contribution < 1.29 is 9.21 Å². The summed E-state index contributed by atoms with van der Waals surface area (Å²) in [6, 6.07) is 5.68. The molecule has 0 saturated heterocycles. The largest absolute Gasteiger partial charge is 0.445 e. The first-order valence-electron chi connectivity index (χ1n) is 9.79. The van der Waals surface area contributed by atoms with Gasteiger partial charge in [-0.1, -0.05) is 19.9 Å². The van der Waals surface area contributed by atoms with Gasteiger partial charge in [0.2, 0.25) is 5.95 Å². The number of fused-ring (bicyclic) bond motifs is 1. The van der Waals surface area contributed by atoms with Gasteiger partial charge in [-0.25, -0.2) is 15.0 Å². The number of rotatable bonds is 5. The maximum absolute atomic E-state index is 13.0. The Hall–Kier alpha value is -3.29. The Morgan fingerprint density at radius 3 is 2.90 bits per heavy atom. The van der Waals surface area contributed by atoms with Crippen molar-refractivity contribution in [1.29, 1.82) is 0 Å². The summed E-state index contributed by atoms with van der Waals surface area (Å²) in [6.45, 7) is 4.98. The van der Waals surface area contributed by atoms with Crippen LogP contribution in [0.1, 0.15) is 58.9 Å². The molecule has 8 nitrogen and oxygen atoms in total. The number of pyridine rings is 1. The SMILES string of the molecule is CC(C)c1cc(C(=O)N2CCc3oc(CCc4cccnc4)nc3C2)nc(N)n1. The molecule has 1 aliphatic rings. The van der Waals surface area contributed by atoms with Crippen LogP contribution in [0.5, 0.6) is 0 Å². The first-order valence-corrected chi connectivity index (χ1v) is 9.79. The first kappa shape index (κ1) is 19.0. The molecular formula is C21H24N6O2. The van der Waals surface area contributed by atoms with Crippen LogP contribution >= 0.6 is 0 Å². The zero-order valence-electron chi connectivity index (χ0n) is 16.6. The van der Waals surface area contributed by atoms with E-state index < -0.39 is 0 Å². The third kappa shape index (κ3) is 4.26. The Morgan fingerprint density at radius 2 is 2.14 bits per heavy atom. The van der Waals surface area contributed by atoms with Gasteiger partial charge in [0.1, 0.15) is 17.1 Å². The predicted octanol–water partition coefficient (Wildman–Crippen LogP) is 2.55. The Kier molecular flexibility index (Phi) is 5.24. The zero-order valence-corrected chi connectivity index (χ0v) is 16.6. The highest BCUT2D eigenvalue weighted by Gasteiger charge is 2.27. The first-order chi connectivity index (χ1) is 14.0. The number of hydrogen-bond acceptors (Lipinski definition) is 7. The van der Waals surface area contributed by atoms with E-state index >= 15 is 0 Å². The quantitative estimate of drug-likeness (QED) is 0.710. The summed E-state index contributed by atoms with van der Waals surface area (Å²) in [5.74, 6) is 1.68. The van der Waals surface area contributed by atoms with E-state index in [1.807, 2.05) is 32.2 Å². The summed E-state index contributed by atoms with van der Waals surface area (Å²) < 4.78 is 5.92. The maximum Gasteiger partial charge on any atom is 0.273 e. The van der Waals surface area contributed by atoms with E-state index in [1.54, 1.807) is 17.2 Å². The molecule has 150 valence electrons. The molecule has 2 N–H and O–H groups in total. The number of nitrogen functional groups attached to an aromatic ring is 1. The fourth-order valence-corrected chi connectivity index (χ4v) is 3.38. The highest BCUT2D eigenvalue weighted by molar-refractivity contribution is 5.92. The van der Waals surface area contributed by atoms with Crippen molar-refractivity contribution in [3.63, 3.8) is 0 Å². The molecular weight excluding hydrogens is 368 g/mol. The van der Waals surface area contributed by atoms with Crippen LogP contribution in [0.2, 0.25) is 0 Å². The van der Waals surface area contributed by atoms with Gasteiger partial charge in [0.25, 0.3) is 5.91 Å². The minimum Gasteiger partial charge on any atom is -0.445 e. The van der Waals surface area contributed by atoms with Gasteiger partial charge in [0, 0.05) is 37.5 Å². The number of carbonyl (C=O) groups excluding carboxylic acids is 1. The number of anilines is 1. The van der Waals surface area contributed by atoms with E-state index in [4.69, 9.17) is 10.2 Å².